The minimum atomic E-state index is -3.62. The monoisotopic (exact) mass is 337 g/mol. The predicted octanol–water partition coefficient (Wildman–Crippen LogP) is 3.36. The van der Waals surface area contributed by atoms with Gasteiger partial charge in [0.2, 0.25) is 10.0 Å². The molecule has 0 radical (unpaired) electrons. The van der Waals surface area contributed by atoms with E-state index in [1.807, 2.05) is 26.0 Å². The summed E-state index contributed by atoms with van der Waals surface area (Å²) in [6, 6.07) is 6.53. The Morgan fingerprint density at radius 3 is 2.22 bits per heavy atom. The van der Waals surface area contributed by atoms with E-state index in [2.05, 4.69) is 20.8 Å². The Kier molecular flexibility index (Phi) is 5.02. The van der Waals surface area contributed by atoms with E-state index in [0.717, 1.165) is 12.0 Å². The van der Waals surface area contributed by atoms with Crippen molar-refractivity contribution in [3.8, 4) is 0 Å². The van der Waals surface area contributed by atoms with Gasteiger partial charge in [0.05, 0.1) is 10.9 Å². The van der Waals surface area contributed by atoms with Crippen LogP contribution in [0.15, 0.2) is 29.2 Å². The number of carbonyl (C=O) groups is 1. The zero-order valence-electron chi connectivity index (χ0n) is 14.7. The fraction of sp³-hybridized carbons (Fsp3) is 0.611. The van der Waals surface area contributed by atoms with Gasteiger partial charge in [0.25, 0.3) is 0 Å². The van der Waals surface area contributed by atoms with Crippen LogP contribution in [0.25, 0.3) is 0 Å². The van der Waals surface area contributed by atoms with Gasteiger partial charge in [-0.15, -0.1) is 0 Å². The van der Waals surface area contributed by atoms with Crippen molar-refractivity contribution in [2.24, 2.45) is 5.92 Å². The fourth-order valence-corrected chi connectivity index (χ4v) is 4.62. The molecule has 0 N–H and O–H groups in total. The fourth-order valence-electron chi connectivity index (χ4n) is 2.96. The molecule has 1 aliphatic rings. The van der Waals surface area contributed by atoms with Crippen molar-refractivity contribution in [3.63, 3.8) is 0 Å². The smallest absolute Gasteiger partial charge is 0.243 e. The summed E-state index contributed by atoms with van der Waals surface area (Å²) in [4.78, 5) is 12.6. The van der Waals surface area contributed by atoms with Gasteiger partial charge in [0, 0.05) is 12.5 Å². The molecule has 0 aromatic heterocycles. The SMILES string of the molecule is CC(C)C(=O)[C@@H]1CCCN1S(=O)(=O)c1ccc(C(C)(C)C)cc1. The second-order valence-corrected chi connectivity index (χ2v) is 9.50. The number of Topliss-reactive ketones (excluding diaryl/α,β-unsaturated/α-hetero) is 1. The first kappa shape index (κ1) is 18.1. The second-order valence-electron chi connectivity index (χ2n) is 7.61. The lowest BCUT2D eigenvalue weighted by Gasteiger charge is -2.25. The average Bonchev–Trinajstić information content (AvgIpc) is 2.95. The highest BCUT2D eigenvalue weighted by molar-refractivity contribution is 7.89. The zero-order valence-corrected chi connectivity index (χ0v) is 15.5. The minimum Gasteiger partial charge on any atom is -0.298 e. The molecule has 5 heteroatoms. The summed E-state index contributed by atoms with van der Waals surface area (Å²) in [5.74, 6) is -0.142. The molecule has 1 heterocycles. The molecule has 0 unspecified atom stereocenters. The lowest BCUT2D eigenvalue weighted by Crippen LogP contribution is -2.42. The number of rotatable bonds is 4. The Bertz CT molecular complexity index is 669. The van der Waals surface area contributed by atoms with Crippen LogP contribution < -0.4 is 0 Å². The maximum Gasteiger partial charge on any atom is 0.243 e. The Balaban J connectivity index is 2.32. The first-order valence-corrected chi connectivity index (χ1v) is 9.65. The van der Waals surface area contributed by atoms with Gasteiger partial charge in [-0.2, -0.15) is 4.31 Å². The van der Waals surface area contributed by atoms with Gasteiger partial charge >= 0.3 is 0 Å². The molecular formula is C18H27NO3S. The number of ketones is 1. The summed E-state index contributed by atoms with van der Waals surface area (Å²) in [6.45, 7) is 10.3. The number of sulfonamides is 1. The molecule has 0 aliphatic carbocycles. The maximum atomic E-state index is 12.9. The van der Waals surface area contributed by atoms with Crippen LogP contribution in [-0.2, 0) is 20.2 Å². The molecule has 2 rings (SSSR count). The maximum absolute atomic E-state index is 12.9. The Hall–Kier alpha value is -1.20. The molecule has 1 atom stereocenters. The standard InChI is InChI=1S/C18H27NO3S/c1-13(2)17(20)16-7-6-12-19(16)23(21,22)15-10-8-14(9-11-15)18(3,4)5/h8-11,13,16H,6-7,12H2,1-5H3/t16-/m0/s1. The number of benzene rings is 1. The van der Waals surface area contributed by atoms with E-state index >= 15 is 0 Å². The van der Waals surface area contributed by atoms with Gasteiger partial charge in [-0.3, -0.25) is 4.79 Å². The van der Waals surface area contributed by atoms with E-state index in [1.165, 1.54) is 4.31 Å². The van der Waals surface area contributed by atoms with Crippen LogP contribution in [0.3, 0.4) is 0 Å². The molecule has 23 heavy (non-hydrogen) atoms. The van der Waals surface area contributed by atoms with Crippen LogP contribution in [-0.4, -0.2) is 31.1 Å². The largest absolute Gasteiger partial charge is 0.298 e. The van der Waals surface area contributed by atoms with Gasteiger partial charge in [0.1, 0.15) is 0 Å². The van der Waals surface area contributed by atoms with Gasteiger partial charge in [-0.05, 0) is 36.0 Å². The molecule has 1 aromatic carbocycles. The number of nitrogens with zero attached hydrogens (tertiary/aromatic N) is 1. The van der Waals surface area contributed by atoms with Crippen molar-refractivity contribution in [2.75, 3.05) is 6.54 Å². The topological polar surface area (TPSA) is 54.5 Å². The van der Waals surface area contributed by atoms with E-state index in [9.17, 15) is 13.2 Å². The van der Waals surface area contributed by atoms with Crippen LogP contribution in [0.4, 0.5) is 0 Å². The molecule has 1 fully saturated rings. The highest BCUT2D eigenvalue weighted by atomic mass is 32.2. The third-order valence-corrected chi connectivity index (χ3v) is 6.35. The molecular weight excluding hydrogens is 310 g/mol. The number of hydrogen-bond acceptors (Lipinski definition) is 3. The first-order chi connectivity index (χ1) is 10.5. The average molecular weight is 337 g/mol. The first-order valence-electron chi connectivity index (χ1n) is 8.21. The van der Waals surface area contributed by atoms with Crippen LogP contribution in [0.5, 0.6) is 0 Å². The Morgan fingerprint density at radius 2 is 1.74 bits per heavy atom. The molecule has 1 aromatic rings. The van der Waals surface area contributed by atoms with Gasteiger partial charge in [-0.1, -0.05) is 46.8 Å². The normalized spacial score (nSPS) is 20.2. The third kappa shape index (κ3) is 3.66. The molecule has 4 nitrogen and oxygen atoms in total. The quantitative estimate of drug-likeness (QED) is 0.846. The van der Waals surface area contributed by atoms with Crippen molar-refractivity contribution in [3.05, 3.63) is 29.8 Å². The minimum absolute atomic E-state index is 0.0115. The van der Waals surface area contributed by atoms with Gasteiger partial charge in [0.15, 0.2) is 5.78 Å². The van der Waals surface area contributed by atoms with Crippen LogP contribution >= 0.6 is 0 Å². The third-order valence-electron chi connectivity index (χ3n) is 4.43. The molecule has 0 amide bonds. The molecule has 0 saturated carbocycles. The summed E-state index contributed by atoms with van der Waals surface area (Å²) in [5, 5.41) is 0. The molecule has 1 saturated heterocycles. The van der Waals surface area contributed by atoms with E-state index in [1.54, 1.807) is 12.1 Å². The lowest BCUT2D eigenvalue weighted by atomic mass is 9.87. The van der Waals surface area contributed by atoms with E-state index < -0.39 is 16.1 Å². The van der Waals surface area contributed by atoms with Crippen molar-refractivity contribution in [2.45, 2.75) is 63.8 Å². The summed E-state index contributed by atoms with van der Waals surface area (Å²) in [6.07, 6.45) is 1.36. The van der Waals surface area contributed by atoms with E-state index in [-0.39, 0.29) is 22.0 Å². The highest BCUT2D eigenvalue weighted by Gasteiger charge is 2.39. The van der Waals surface area contributed by atoms with Crippen molar-refractivity contribution in [1.82, 2.24) is 4.31 Å². The Morgan fingerprint density at radius 1 is 1.17 bits per heavy atom. The van der Waals surface area contributed by atoms with Gasteiger partial charge in [-0.25, -0.2) is 8.42 Å². The van der Waals surface area contributed by atoms with E-state index in [4.69, 9.17) is 0 Å². The zero-order chi connectivity index (χ0) is 17.4. The van der Waals surface area contributed by atoms with Crippen molar-refractivity contribution >= 4 is 15.8 Å². The van der Waals surface area contributed by atoms with Gasteiger partial charge < -0.3 is 0 Å². The predicted molar refractivity (Wildman–Crippen MR) is 91.9 cm³/mol. The van der Waals surface area contributed by atoms with Crippen LogP contribution in [0, 0.1) is 5.92 Å². The summed E-state index contributed by atoms with van der Waals surface area (Å²) in [7, 11) is -3.62. The molecule has 0 spiro atoms. The van der Waals surface area contributed by atoms with Crippen molar-refractivity contribution in [1.29, 1.82) is 0 Å². The van der Waals surface area contributed by atoms with Crippen LogP contribution in [0.1, 0.15) is 53.0 Å². The lowest BCUT2D eigenvalue weighted by molar-refractivity contribution is -0.125. The van der Waals surface area contributed by atoms with Crippen molar-refractivity contribution < 1.29 is 13.2 Å². The van der Waals surface area contributed by atoms with E-state index in [0.29, 0.717) is 13.0 Å². The van der Waals surface area contributed by atoms with Crippen LogP contribution in [0.2, 0.25) is 0 Å². The summed E-state index contributed by atoms with van der Waals surface area (Å²) >= 11 is 0. The highest BCUT2D eigenvalue weighted by Crippen LogP contribution is 2.29. The number of hydrogen-bond donors (Lipinski definition) is 0. The second kappa shape index (κ2) is 6.36. The number of carbonyl (C=O) groups excluding carboxylic acids is 1. The molecule has 1 aliphatic heterocycles. The molecule has 0 bridgehead atoms. The summed E-state index contributed by atoms with van der Waals surface area (Å²) < 4.78 is 27.2. The molecule has 128 valence electrons. The Labute approximate surface area is 139 Å². The summed E-state index contributed by atoms with van der Waals surface area (Å²) in [5.41, 5.74) is 1.07.